The van der Waals surface area contributed by atoms with E-state index < -0.39 is 0 Å². The molecule has 1 aliphatic carbocycles. The molecule has 0 fully saturated rings. The lowest BCUT2D eigenvalue weighted by Crippen LogP contribution is -1.67. The van der Waals surface area contributed by atoms with Crippen molar-refractivity contribution >= 4 is 0 Å². The van der Waals surface area contributed by atoms with Crippen LogP contribution >= 0.6 is 0 Å². The van der Waals surface area contributed by atoms with E-state index in [0.29, 0.717) is 0 Å². The van der Waals surface area contributed by atoms with Crippen molar-refractivity contribution in [1.82, 2.24) is 0 Å². The molecule has 0 radical (unpaired) electrons. The second kappa shape index (κ2) is 1.99. The van der Waals surface area contributed by atoms with Crippen LogP contribution in [0.1, 0.15) is 13.3 Å². The van der Waals surface area contributed by atoms with Crippen LogP contribution in [0.5, 0.6) is 0 Å². The van der Waals surface area contributed by atoms with Gasteiger partial charge in [0.1, 0.15) is 0 Å². The molecule has 0 amide bonds. The normalized spacial score (nSPS) is 23.1. The van der Waals surface area contributed by atoms with E-state index in [0.717, 1.165) is 6.42 Å². The summed E-state index contributed by atoms with van der Waals surface area (Å²) in [5.74, 6) is 0. The average molecular weight is 106 g/mol. The van der Waals surface area contributed by atoms with Crippen molar-refractivity contribution in [2.75, 3.05) is 0 Å². The van der Waals surface area contributed by atoms with Crippen LogP contribution in [-0.4, -0.2) is 0 Å². The van der Waals surface area contributed by atoms with Gasteiger partial charge in [0.15, 0.2) is 0 Å². The highest BCUT2D eigenvalue weighted by molar-refractivity contribution is 5.38. The number of hydrogen-bond donors (Lipinski definition) is 0. The van der Waals surface area contributed by atoms with E-state index in [1.807, 2.05) is 0 Å². The summed E-state index contributed by atoms with van der Waals surface area (Å²) in [4.78, 5) is 0. The summed E-state index contributed by atoms with van der Waals surface area (Å²) in [5.41, 5.74) is 2.60. The van der Waals surface area contributed by atoms with E-state index in [-0.39, 0.29) is 0 Å². The first-order valence-electron chi connectivity index (χ1n) is 2.84. The fraction of sp³-hybridized carbons (Fsp3) is 0.250. The van der Waals surface area contributed by atoms with Gasteiger partial charge < -0.3 is 0 Å². The highest BCUT2D eigenvalue weighted by Crippen LogP contribution is 2.19. The minimum absolute atomic E-state index is 1.05. The molecule has 0 aliphatic heterocycles. The Kier molecular flexibility index (Phi) is 1.34. The highest BCUT2D eigenvalue weighted by Gasteiger charge is 1.99. The molecule has 0 heterocycles. The second-order valence-corrected chi connectivity index (χ2v) is 2.03. The van der Waals surface area contributed by atoms with E-state index >= 15 is 0 Å². The van der Waals surface area contributed by atoms with Gasteiger partial charge in [-0.05, 0) is 18.9 Å². The van der Waals surface area contributed by atoms with Crippen molar-refractivity contribution < 1.29 is 0 Å². The quantitative estimate of drug-likeness (QED) is 0.445. The summed E-state index contributed by atoms with van der Waals surface area (Å²) in [6, 6.07) is 0. The zero-order valence-corrected chi connectivity index (χ0v) is 5.15. The Hall–Kier alpha value is -0.780. The van der Waals surface area contributed by atoms with Crippen molar-refractivity contribution in [3.05, 3.63) is 36.0 Å². The Balaban J connectivity index is 2.73. The second-order valence-electron chi connectivity index (χ2n) is 2.03. The molecular formula is C8H10. The van der Waals surface area contributed by atoms with Gasteiger partial charge in [-0.2, -0.15) is 0 Å². The number of allylic oxidation sites excluding steroid dienone is 5. The molecule has 0 atom stereocenters. The Morgan fingerprint density at radius 2 is 2.38 bits per heavy atom. The first-order chi connectivity index (χ1) is 3.83. The van der Waals surface area contributed by atoms with E-state index in [1.165, 1.54) is 11.1 Å². The van der Waals surface area contributed by atoms with Gasteiger partial charge in [-0.3, -0.25) is 0 Å². The molecule has 0 aromatic rings. The Morgan fingerprint density at radius 1 is 1.62 bits per heavy atom. The largest absolute Gasteiger partial charge is 0.0955 e. The molecule has 42 valence electrons. The predicted octanol–water partition coefficient (Wildman–Crippen LogP) is 2.45. The van der Waals surface area contributed by atoms with Crippen LogP contribution in [-0.2, 0) is 0 Å². The van der Waals surface area contributed by atoms with Gasteiger partial charge >= 0.3 is 0 Å². The van der Waals surface area contributed by atoms with Gasteiger partial charge in [0.2, 0.25) is 0 Å². The van der Waals surface area contributed by atoms with Crippen molar-refractivity contribution in [3.63, 3.8) is 0 Å². The Bertz CT molecular complexity index is 159. The molecule has 1 rings (SSSR count). The smallest absolute Gasteiger partial charge is 0.00349 e. The summed E-state index contributed by atoms with van der Waals surface area (Å²) in [6.45, 7) is 5.88. The van der Waals surface area contributed by atoms with Gasteiger partial charge in [0, 0.05) is 0 Å². The standard InChI is InChI=1S/C8H10/c1-3-8-5-4-7(2)6-8/h3-5H,2,6H2,1H3/b8-3+. The molecule has 0 nitrogen and oxygen atoms in total. The SMILES string of the molecule is C=C1C=C/C(=C\C)C1. The Labute approximate surface area is 50.2 Å². The summed E-state index contributed by atoms with van der Waals surface area (Å²) >= 11 is 0. The molecule has 0 unspecified atom stereocenters. The zero-order valence-electron chi connectivity index (χ0n) is 5.15. The van der Waals surface area contributed by atoms with E-state index in [2.05, 4.69) is 31.7 Å². The first kappa shape index (κ1) is 5.36. The third-order valence-electron chi connectivity index (χ3n) is 1.34. The summed E-state index contributed by atoms with van der Waals surface area (Å²) < 4.78 is 0. The maximum absolute atomic E-state index is 3.82. The molecule has 1 aliphatic rings. The van der Waals surface area contributed by atoms with Crippen LogP contribution in [0.15, 0.2) is 36.0 Å². The summed E-state index contributed by atoms with van der Waals surface area (Å²) in [6.07, 6.45) is 7.35. The topological polar surface area (TPSA) is 0 Å². The van der Waals surface area contributed by atoms with Crippen molar-refractivity contribution in [1.29, 1.82) is 0 Å². The van der Waals surface area contributed by atoms with Crippen LogP contribution < -0.4 is 0 Å². The lowest BCUT2D eigenvalue weighted by molar-refractivity contribution is 1.27. The number of rotatable bonds is 0. The third-order valence-corrected chi connectivity index (χ3v) is 1.34. The third kappa shape index (κ3) is 0.890. The van der Waals surface area contributed by atoms with Crippen molar-refractivity contribution in [2.45, 2.75) is 13.3 Å². The van der Waals surface area contributed by atoms with Crippen LogP contribution in [0.3, 0.4) is 0 Å². The molecular weight excluding hydrogens is 96.1 g/mol. The fourth-order valence-corrected chi connectivity index (χ4v) is 0.803. The average Bonchev–Trinajstić information content (AvgIpc) is 2.14. The zero-order chi connectivity index (χ0) is 5.98. The van der Waals surface area contributed by atoms with Gasteiger partial charge in [0.05, 0.1) is 0 Å². The molecule has 0 spiro atoms. The number of hydrogen-bond acceptors (Lipinski definition) is 0. The fourth-order valence-electron chi connectivity index (χ4n) is 0.803. The molecule has 0 aromatic heterocycles. The minimum Gasteiger partial charge on any atom is -0.0955 e. The van der Waals surface area contributed by atoms with E-state index in [9.17, 15) is 0 Å². The van der Waals surface area contributed by atoms with Crippen LogP contribution in [0, 0.1) is 0 Å². The van der Waals surface area contributed by atoms with Crippen molar-refractivity contribution in [2.24, 2.45) is 0 Å². The van der Waals surface area contributed by atoms with Crippen LogP contribution in [0.2, 0.25) is 0 Å². The highest BCUT2D eigenvalue weighted by atomic mass is 14.0. The van der Waals surface area contributed by atoms with Gasteiger partial charge in [-0.1, -0.05) is 30.4 Å². The molecule has 0 saturated carbocycles. The first-order valence-corrected chi connectivity index (χ1v) is 2.84. The Morgan fingerprint density at radius 3 is 2.62 bits per heavy atom. The molecule has 0 bridgehead atoms. The van der Waals surface area contributed by atoms with Gasteiger partial charge in [-0.25, -0.2) is 0 Å². The summed E-state index contributed by atoms with van der Waals surface area (Å²) in [7, 11) is 0. The minimum atomic E-state index is 1.05. The molecule has 0 saturated heterocycles. The molecule has 8 heavy (non-hydrogen) atoms. The molecule has 0 N–H and O–H groups in total. The summed E-state index contributed by atoms with van der Waals surface area (Å²) in [5, 5.41) is 0. The van der Waals surface area contributed by atoms with E-state index in [4.69, 9.17) is 0 Å². The predicted molar refractivity (Wildman–Crippen MR) is 36.7 cm³/mol. The van der Waals surface area contributed by atoms with Crippen LogP contribution in [0.25, 0.3) is 0 Å². The van der Waals surface area contributed by atoms with Crippen molar-refractivity contribution in [3.8, 4) is 0 Å². The van der Waals surface area contributed by atoms with Crippen LogP contribution in [0.4, 0.5) is 0 Å². The maximum Gasteiger partial charge on any atom is -0.00349 e. The van der Waals surface area contributed by atoms with E-state index in [1.54, 1.807) is 0 Å². The van der Waals surface area contributed by atoms with Gasteiger partial charge in [-0.15, -0.1) is 0 Å². The lowest BCUT2D eigenvalue weighted by atomic mass is 10.2. The molecule has 0 heteroatoms. The maximum atomic E-state index is 3.82. The molecule has 0 aromatic carbocycles. The lowest BCUT2D eigenvalue weighted by Gasteiger charge is -1.87. The van der Waals surface area contributed by atoms with Gasteiger partial charge in [0.25, 0.3) is 0 Å². The monoisotopic (exact) mass is 106 g/mol.